The van der Waals surface area contributed by atoms with Crippen LogP contribution in [0.3, 0.4) is 0 Å². The largest absolute Gasteiger partial charge is 0.479 e. The summed E-state index contributed by atoms with van der Waals surface area (Å²) >= 11 is 0. The Morgan fingerprint density at radius 3 is 2.05 bits per heavy atom. The van der Waals surface area contributed by atoms with Gasteiger partial charge in [-0.1, -0.05) is 59.3 Å². The molecule has 126 valence electrons. The van der Waals surface area contributed by atoms with Crippen LogP contribution < -0.4 is 0 Å². The number of hydrogen-bond donors (Lipinski definition) is 1. The van der Waals surface area contributed by atoms with Gasteiger partial charge in [-0.2, -0.15) is 0 Å². The molecule has 0 amide bonds. The van der Waals surface area contributed by atoms with Crippen LogP contribution in [-0.2, 0) is 9.53 Å². The molecule has 3 heteroatoms. The Labute approximate surface area is 131 Å². The maximum Gasteiger partial charge on any atom is 0.336 e. The molecule has 21 heavy (non-hydrogen) atoms. The molecule has 2 atom stereocenters. The number of rotatable bonds is 11. The van der Waals surface area contributed by atoms with E-state index in [9.17, 15) is 9.90 Å². The van der Waals surface area contributed by atoms with Crippen molar-refractivity contribution < 1.29 is 14.6 Å². The molecule has 3 nitrogen and oxygen atoms in total. The van der Waals surface area contributed by atoms with Crippen molar-refractivity contribution in [3.05, 3.63) is 0 Å². The van der Waals surface area contributed by atoms with Crippen molar-refractivity contribution >= 4 is 5.97 Å². The molecule has 0 saturated heterocycles. The summed E-state index contributed by atoms with van der Waals surface area (Å²) < 4.78 is 6.10. The average molecular weight is 300 g/mol. The van der Waals surface area contributed by atoms with E-state index >= 15 is 0 Å². The molecule has 0 bridgehead atoms. The third kappa shape index (κ3) is 7.85. The van der Waals surface area contributed by atoms with E-state index in [1.165, 1.54) is 0 Å². The quantitative estimate of drug-likeness (QED) is 0.554. The Balaban J connectivity index is 5.17. The second-order valence-corrected chi connectivity index (χ2v) is 7.24. The second kappa shape index (κ2) is 9.45. The Morgan fingerprint density at radius 1 is 1.10 bits per heavy atom. The van der Waals surface area contributed by atoms with Gasteiger partial charge in [-0.15, -0.1) is 0 Å². The fourth-order valence-corrected chi connectivity index (χ4v) is 2.89. The summed E-state index contributed by atoms with van der Waals surface area (Å²) in [5, 5.41) is 9.86. The van der Waals surface area contributed by atoms with Crippen LogP contribution in [0.15, 0.2) is 0 Å². The van der Waals surface area contributed by atoms with Crippen LogP contribution in [0.4, 0.5) is 0 Å². The first-order chi connectivity index (χ1) is 9.70. The number of carboxylic acids is 1. The van der Waals surface area contributed by atoms with Gasteiger partial charge < -0.3 is 9.84 Å². The van der Waals surface area contributed by atoms with E-state index in [0.717, 1.165) is 38.5 Å². The number of carbonyl (C=O) groups is 1. The summed E-state index contributed by atoms with van der Waals surface area (Å²) in [7, 11) is 0. The summed E-state index contributed by atoms with van der Waals surface area (Å²) in [5.74, 6) is -0.360. The molecule has 0 heterocycles. The van der Waals surface area contributed by atoms with E-state index in [1.54, 1.807) is 0 Å². The normalized spacial score (nSPS) is 16.5. The number of carboxylic acid groups (broad SMARTS) is 1. The van der Waals surface area contributed by atoms with Crippen molar-refractivity contribution in [2.24, 2.45) is 5.92 Å². The first kappa shape index (κ1) is 20.4. The number of hydrogen-bond acceptors (Lipinski definition) is 2. The first-order valence-corrected chi connectivity index (χ1v) is 8.64. The van der Waals surface area contributed by atoms with Crippen molar-refractivity contribution in [1.82, 2.24) is 0 Å². The molecule has 0 rings (SSSR count). The number of aliphatic carboxylic acids is 1. The minimum Gasteiger partial charge on any atom is -0.479 e. The minimum atomic E-state index is -1.03. The Hall–Kier alpha value is -0.570. The maximum atomic E-state index is 12.0. The van der Waals surface area contributed by atoms with E-state index in [-0.39, 0.29) is 0 Å². The fourth-order valence-electron chi connectivity index (χ4n) is 2.89. The van der Waals surface area contributed by atoms with E-state index in [0.29, 0.717) is 18.8 Å². The third-order valence-corrected chi connectivity index (χ3v) is 3.99. The van der Waals surface area contributed by atoms with E-state index < -0.39 is 17.2 Å². The zero-order chi connectivity index (χ0) is 16.5. The molecule has 1 N–H and O–H groups in total. The van der Waals surface area contributed by atoms with E-state index in [4.69, 9.17) is 4.74 Å². The standard InChI is InChI=1S/C18H36O3/c1-7-10-12-15(9-3)14-18(16(19)20,13-11-8-2)21-17(4,5)6/h15H,7-14H2,1-6H3,(H,19,20). The smallest absolute Gasteiger partial charge is 0.336 e. The lowest BCUT2D eigenvalue weighted by Gasteiger charge is -2.38. The van der Waals surface area contributed by atoms with Gasteiger partial charge in [-0.3, -0.25) is 0 Å². The highest BCUT2D eigenvalue weighted by atomic mass is 16.5. The first-order valence-electron chi connectivity index (χ1n) is 8.64. The van der Waals surface area contributed by atoms with Gasteiger partial charge in [0.2, 0.25) is 0 Å². The molecule has 0 aliphatic heterocycles. The zero-order valence-corrected chi connectivity index (χ0v) is 15.0. The second-order valence-electron chi connectivity index (χ2n) is 7.24. The van der Waals surface area contributed by atoms with Crippen LogP contribution in [0.2, 0.25) is 0 Å². The van der Waals surface area contributed by atoms with E-state index in [1.807, 2.05) is 20.8 Å². The monoisotopic (exact) mass is 300 g/mol. The highest BCUT2D eigenvalue weighted by molar-refractivity contribution is 5.77. The molecule has 0 aromatic carbocycles. The maximum absolute atomic E-state index is 12.0. The number of unbranched alkanes of at least 4 members (excludes halogenated alkanes) is 2. The van der Waals surface area contributed by atoms with Gasteiger partial charge in [0.05, 0.1) is 5.60 Å². The van der Waals surface area contributed by atoms with Crippen molar-refractivity contribution in [2.75, 3.05) is 0 Å². The van der Waals surface area contributed by atoms with Gasteiger partial charge in [0.25, 0.3) is 0 Å². The molecule has 0 fully saturated rings. The van der Waals surface area contributed by atoms with Crippen molar-refractivity contribution in [1.29, 1.82) is 0 Å². The van der Waals surface area contributed by atoms with Crippen LogP contribution in [0.25, 0.3) is 0 Å². The summed E-state index contributed by atoms with van der Waals surface area (Å²) in [6, 6.07) is 0. The lowest BCUT2D eigenvalue weighted by molar-refractivity contribution is -0.191. The van der Waals surface area contributed by atoms with Gasteiger partial charge in [-0.25, -0.2) is 4.79 Å². The molecule has 0 aliphatic carbocycles. The summed E-state index contributed by atoms with van der Waals surface area (Å²) in [6.45, 7) is 12.3. The lowest BCUT2D eigenvalue weighted by Crippen LogP contribution is -2.48. The fraction of sp³-hybridized carbons (Fsp3) is 0.944. The van der Waals surface area contributed by atoms with Gasteiger partial charge in [0.1, 0.15) is 0 Å². The molecule has 0 spiro atoms. The van der Waals surface area contributed by atoms with Crippen molar-refractivity contribution in [2.45, 2.75) is 104 Å². The predicted octanol–water partition coefficient (Wildman–Crippen LogP) is 5.42. The molecule has 0 aliphatic rings. The average Bonchev–Trinajstić information content (AvgIpc) is 2.38. The Kier molecular flexibility index (Phi) is 9.19. The third-order valence-electron chi connectivity index (χ3n) is 3.99. The van der Waals surface area contributed by atoms with Crippen molar-refractivity contribution in [3.63, 3.8) is 0 Å². The molecule has 0 aromatic heterocycles. The van der Waals surface area contributed by atoms with Crippen LogP contribution >= 0.6 is 0 Å². The van der Waals surface area contributed by atoms with Gasteiger partial charge in [-0.05, 0) is 39.5 Å². The van der Waals surface area contributed by atoms with Crippen LogP contribution in [-0.4, -0.2) is 22.3 Å². The molecular weight excluding hydrogens is 264 g/mol. The topological polar surface area (TPSA) is 46.5 Å². The predicted molar refractivity (Wildman–Crippen MR) is 88.7 cm³/mol. The number of ether oxygens (including phenoxy) is 1. The van der Waals surface area contributed by atoms with Gasteiger partial charge in [0.15, 0.2) is 5.60 Å². The highest BCUT2D eigenvalue weighted by Crippen LogP contribution is 2.35. The zero-order valence-electron chi connectivity index (χ0n) is 15.0. The van der Waals surface area contributed by atoms with Crippen LogP contribution in [0.1, 0.15) is 92.9 Å². The molecule has 0 saturated carbocycles. The van der Waals surface area contributed by atoms with E-state index in [2.05, 4.69) is 20.8 Å². The summed E-state index contributed by atoms with van der Waals surface area (Å²) in [6.07, 6.45) is 7.58. The molecule has 2 unspecified atom stereocenters. The molecule has 0 radical (unpaired) electrons. The van der Waals surface area contributed by atoms with Gasteiger partial charge >= 0.3 is 5.97 Å². The molecular formula is C18H36O3. The summed E-state index contributed by atoms with van der Waals surface area (Å²) in [4.78, 5) is 12.0. The van der Waals surface area contributed by atoms with Crippen LogP contribution in [0.5, 0.6) is 0 Å². The SMILES string of the molecule is CCCCC(CC)CC(CCCC)(OC(C)(C)C)C(=O)O. The Bertz CT molecular complexity index is 293. The minimum absolute atomic E-state index is 0.431. The Morgan fingerprint density at radius 2 is 1.67 bits per heavy atom. The molecule has 0 aromatic rings. The van der Waals surface area contributed by atoms with Crippen molar-refractivity contribution in [3.8, 4) is 0 Å². The van der Waals surface area contributed by atoms with Gasteiger partial charge in [0, 0.05) is 0 Å². The van der Waals surface area contributed by atoms with Crippen LogP contribution in [0, 0.1) is 5.92 Å². The lowest BCUT2D eigenvalue weighted by atomic mass is 9.82. The highest BCUT2D eigenvalue weighted by Gasteiger charge is 2.43. The summed E-state index contributed by atoms with van der Waals surface area (Å²) in [5.41, 5.74) is -1.46.